The van der Waals surface area contributed by atoms with E-state index in [1.165, 1.54) is 24.3 Å². The van der Waals surface area contributed by atoms with Gasteiger partial charge in [-0.15, -0.1) is 13.2 Å². The van der Waals surface area contributed by atoms with E-state index in [0.29, 0.717) is 24.9 Å². The number of piperidine rings is 1. The zero-order valence-corrected chi connectivity index (χ0v) is 21.2. The first-order chi connectivity index (χ1) is 18.6. The number of halogens is 2. The second kappa shape index (κ2) is 11.5. The number of hydrogen-bond donors (Lipinski definition) is 2. The minimum Gasteiger partial charge on any atom is -0.365 e. The molecule has 38 heavy (non-hydrogen) atoms. The van der Waals surface area contributed by atoms with Crippen molar-refractivity contribution in [3.05, 3.63) is 103 Å². The van der Waals surface area contributed by atoms with Crippen LogP contribution in [0.3, 0.4) is 0 Å². The third kappa shape index (κ3) is 5.57. The Balaban J connectivity index is 1.34. The van der Waals surface area contributed by atoms with Gasteiger partial charge in [-0.3, -0.25) is 0 Å². The average molecular weight is 516 g/mol. The molecule has 0 unspecified atom stereocenters. The van der Waals surface area contributed by atoms with Crippen molar-refractivity contribution >= 4 is 22.9 Å². The van der Waals surface area contributed by atoms with Gasteiger partial charge in [0, 0.05) is 32.2 Å². The summed E-state index contributed by atoms with van der Waals surface area (Å²) in [5, 5.41) is 7.02. The minimum atomic E-state index is -0.284. The summed E-state index contributed by atoms with van der Waals surface area (Å²) in [6, 6.07) is 13.0. The van der Waals surface area contributed by atoms with Gasteiger partial charge in [-0.1, -0.05) is 36.4 Å². The summed E-state index contributed by atoms with van der Waals surface area (Å²) in [6.07, 6.45) is 7.08. The number of fused-ring (bicyclic) bond motifs is 1. The summed E-state index contributed by atoms with van der Waals surface area (Å²) in [5.41, 5.74) is 3.34. The van der Waals surface area contributed by atoms with Crippen LogP contribution in [-0.4, -0.2) is 45.2 Å². The molecule has 0 spiro atoms. The van der Waals surface area contributed by atoms with Crippen molar-refractivity contribution in [1.82, 2.24) is 24.8 Å². The molecule has 7 nitrogen and oxygen atoms in total. The van der Waals surface area contributed by atoms with E-state index in [-0.39, 0.29) is 23.7 Å². The van der Waals surface area contributed by atoms with Crippen molar-refractivity contribution in [2.45, 2.75) is 31.5 Å². The van der Waals surface area contributed by atoms with Gasteiger partial charge in [0.2, 0.25) is 5.95 Å². The van der Waals surface area contributed by atoms with Gasteiger partial charge in [-0.05, 0) is 48.2 Å². The molecule has 4 aromatic rings. The molecular weight excluding hydrogens is 484 g/mol. The summed E-state index contributed by atoms with van der Waals surface area (Å²) in [7, 11) is 0. The van der Waals surface area contributed by atoms with E-state index in [9.17, 15) is 8.78 Å². The first-order valence-corrected chi connectivity index (χ1v) is 12.8. The maximum absolute atomic E-state index is 13.6. The standard InChI is InChI=1S/C29H31F2N7/c1-3-15-32-27-26-28(38(16-4-2)19-33-26)36-29(35-27)37-17-13-24(14-18-37)34-25(20-5-9-22(30)10-6-20)21-7-11-23(31)12-8-21/h3-12,19,24-25,34H,1-2,13-18H2,(H,32,35,36). The SMILES string of the molecule is C=CCNc1nc(N2CCC(NC(c3ccc(F)cc3)c3ccc(F)cc3)CC2)nc2c1ncn2CC=C. The average Bonchev–Trinajstić information content (AvgIpc) is 3.35. The largest absolute Gasteiger partial charge is 0.365 e. The number of rotatable bonds is 10. The summed E-state index contributed by atoms with van der Waals surface area (Å²) in [4.78, 5) is 16.3. The number of imidazole rings is 1. The molecule has 2 aromatic carbocycles. The van der Waals surface area contributed by atoms with Crippen molar-refractivity contribution in [3.63, 3.8) is 0 Å². The van der Waals surface area contributed by atoms with Crippen LogP contribution in [0.2, 0.25) is 0 Å². The Kier molecular flexibility index (Phi) is 7.74. The maximum Gasteiger partial charge on any atom is 0.229 e. The molecule has 0 radical (unpaired) electrons. The van der Waals surface area contributed by atoms with Crippen molar-refractivity contribution < 1.29 is 8.78 Å². The monoisotopic (exact) mass is 515 g/mol. The number of nitrogens with one attached hydrogen (secondary N) is 2. The highest BCUT2D eigenvalue weighted by atomic mass is 19.1. The molecule has 0 atom stereocenters. The van der Waals surface area contributed by atoms with Crippen molar-refractivity contribution in [2.24, 2.45) is 0 Å². The summed E-state index contributed by atoms with van der Waals surface area (Å²) in [5.74, 6) is 0.768. The molecule has 5 rings (SSSR count). The maximum atomic E-state index is 13.6. The first-order valence-electron chi connectivity index (χ1n) is 12.8. The first kappa shape index (κ1) is 25.5. The van der Waals surface area contributed by atoms with Gasteiger partial charge < -0.3 is 20.1 Å². The van der Waals surface area contributed by atoms with E-state index >= 15 is 0 Å². The van der Waals surface area contributed by atoms with Crippen LogP contribution in [0, 0.1) is 11.6 Å². The Hall–Kier alpha value is -4.11. The molecule has 0 amide bonds. The third-order valence-corrected chi connectivity index (χ3v) is 6.78. The predicted molar refractivity (Wildman–Crippen MR) is 147 cm³/mol. The lowest BCUT2D eigenvalue weighted by atomic mass is 9.95. The molecule has 1 saturated heterocycles. The Morgan fingerprint density at radius 3 is 2.13 bits per heavy atom. The van der Waals surface area contributed by atoms with E-state index in [1.807, 2.05) is 10.6 Å². The van der Waals surface area contributed by atoms with Gasteiger partial charge in [0.15, 0.2) is 17.0 Å². The van der Waals surface area contributed by atoms with E-state index in [1.54, 1.807) is 36.7 Å². The van der Waals surface area contributed by atoms with Crippen LogP contribution in [-0.2, 0) is 6.54 Å². The van der Waals surface area contributed by atoms with E-state index in [4.69, 9.17) is 9.97 Å². The van der Waals surface area contributed by atoms with Crippen LogP contribution in [0.5, 0.6) is 0 Å². The number of anilines is 2. The molecule has 1 aliphatic heterocycles. The van der Waals surface area contributed by atoms with Crippen LogP contribution in [0.1, 0.15) is 30.0 Å². The highest BCUT2D eigenvalue weighted by molar-refractivity contribution is 5.84. The van der Waals surface area contributed by atoms with Gasteiger partial charge >= 0.3 is 0 Å². The van der Waals surface area contributed by atoms with Crippen molar-refractivity contribution in [3.8, 4) is 0 Å². The van der Waals surface area contributed by atoms with Crippen LogP contribution in [0.4, 0.5) is 20.5 Å². The number of benzene rings is 2. The zero-order valence-electron chi connectivity index (χ0n) is 21.2. The number of hydrogen-bond acceptors (Lipinski definition) is 6. The fourth-order valence-corrected chi connectivity index (χ4v) is 4.82. The zero-order chi connectivity index (χ0) is 26.5. The summed E-state index contributed by atoms with van der Waals surface area (Å²) >= 11 is 0. The van der Waals surface area contributed by atoms with Gasteiger partial charge in [-0.25, -0.2) is 13.8 Å². The molecule has 0 aliphatic carbocycles. The number of nitrogens with zero attached hydrogens (tertiary/aromatic N) is 5. The van der Waals surface area contributed by atoms with Gasteiger partial charge in [0.25, 0.3) is 0 Å². The molecule has 3 heterocycles. The quantitative estimate of drug-likeness (QED) is 0.282. The Labute approximate surface area is 220 Å². The lowest BCUT2D eigenvalue weighted by Gasteiger charge is -2.35. The third-order valence-electron chi connectivity index (χ3n) is 6.78. The van der Waals surface area contributed by atoms with E-state index < -0.39 is 0 Å². The van der Waals surface area contributed by atoms with Crippen LogP contribution < -0.4 is 15.5 Å². The van der Waals surface area contributed by atoms with Crippen molar-refractivity contribution in [1.29, 1.82) is 0 Å². The number of allylic oxidation sites excluding steroid dienone is 1. The smallest absolute Gasteiger partial charge is 0.229 e. The highest BCUT2D eigenvalue weighted by Crippen LogP contribution is 2.28. The van der Waals surface area contributed by atoms with Crippen LogP contribution >= 0.6 is 0 Å². The summed E-state index contributed by atoms with van der Waals surface area (Å²) in [6.45, 7) is 10.3. The normalized spacial score (nSPS) is 14.2. The Bertz CT molecular complexity index is 1350. The molecular formula is C29H31F2N7. The molecule has 2 N–H and O–H groups in total. The minimum absolute atomic E-state index is 0.177. The number of aromatic nitrogens is 4. The fourth-order valence-electron chi connectivity index (χ4n) is 4.82. The lowest BCUT2D eigenvalue weighted by Crippen LogP contribution is -2.44. The molecule has 1 aliphatic rings. The van der Waals surface area contributed by atoms with Crippen molar-refractivity contribution in [2.75, 3.05) is 29.9 Å². The second-order valence-corrected chi connectivity index (χ2v) is 9.36. The van der Waals surface area contributed by atoms with Gasteiger partial charge in [0.05, 0.1) is 12.4 Å². The molecule has 0 saturated carbocycles. The van der Waals surface area contributed by atoms with Gasteiger partial charge in [-0.2, -0.15) is 9.97 Å². The molecule has 2 aromatic heterocycles. The topological polar surface area (TPSA) is 70.9 Å². The lowest BCUT2D eigenvalue weighted by molar-refractivity contribution is 0.388. The summed E-state index contributed by atoms with van der Waals surface area (Å²) < 4.78 is 29.2. The van der Waals surface area contributed by atoms with Crippen LogP contribution in [0.15, 0.2) is 80.2 Å². The molecule has 1 fully saturated rings. The molecule has 196 valence electrons. The highest BCUT2D eigenvalue weighted by Gasteiger charge is 2.26. The van der Waals surface area contributed by atoms with Crippen LogP contribution in [0.25, 0.3) is 11.2 Å². The van der Waals surface area contributed by atoms with Gasteiger partial charge in [0.1, 0.15) is 11.6 Å². The molecule has 9 heteroatoms. The fraction of sp³-hybridized carbons (Fsp3) is 0.276. The Morgan fingerprint density at radius 1 is 0.921 bits per heavy atom. The van der Waals surface area contributed by atoms with E-state index in [2.05, 4.69) is 33.7 Å². The molecule has 0 bridgehead atoms. The van der Waals surface area contributed by atoms with E-state index in [0.717, 1.165) is 48.2 Å². The predicted octanol–water partition coefficient (Wildman–Crippen LogP) is 5.24. The second-order valence-electron chi connectivity index (χ2n) is 9.36. The Morgan fingerprint density at radius 2 is 1.55 bits per heavy atom.